The molecule has 12 heteroatoms. The first-order valence-corrected chi connectivity index (χ1v) is 14.4. The van der Waals surface area contributed by atoms with Crippen LogP contribution in [0, 0.1) is 6.92 Å². The molecule has 0 aliphatic heterocycles. The fourth-order valence-corrected chi connectivity index (χ4v) is 5.52. The summed E-state index contributed by atoms with van der Waals surface area (Å²) in [5, 5.41) is 4.65. The van der Waals surface area contributed by atoms with Gasteiger partial charge in [-0.25, -0.2) is 13.8 Å². The lowest BCUT2D eigenvalue weighted by Gasteiger charge is -2.22. The van der Waals surface area contributed by atoms with Gasteiger partial charge in [0.15, 0.2) is 0 Å². The molecule has 1 amide bonds. The maximum absolute atomic E-state index is 13.6. The van der Waals surface area contributed by atoms with E-state index in [0.717, 1.165) is 5.56 Å². The molecule has 0 bridgehead atoms. The van der Waals surface area contributed by atoms with Crippen molar-refractivity contribution in [1.29, 1.82) is 0 Å². The summed E-state index contributed by atoms with van der Waals surface area (Å²) in [5.74, 6) is 1.11. The molecule has 0 saturated heterocycles. The molecule has 0 radical (unpaired) electrons. The van der Waals surface area contributed by atoms with Crippen LogP contribution in [0.4, 0.5) is 0 Å². The largest absolute Gasteiger partial charge is 0.497 e. The highest BCUT2D eigenvalue weighted by molar-refractivity contribution is 7.89. The number of sulfonamides is 1. The fourth-order valence-electron chi connectivity index (χ4n) is 3.81. The highest BCUT2D eigenvalue weighted by Gasteiger charge is 2.26. The summed E-state index contributed by atoms with van der Waals surface area (Å²) in [6.07, 6.45) is 1.32. The number of hydrazone groups is 1. The lowest BCUT2D eigenvalue weighted by Crippen LogP contribution is -2.30. The number of hydrogen-bond donors (Lipinski definition) is 1. The zero-order valence-corrected chi connectivity index (χ0v) is 24.8. The van der Waals surface area contributed by atoms with Crippen molar-refractivity contribution >= 4 is 45.3 Å². The van der Waals surface area contributed by atoms with Crippen molar-refractivity contribution in [2.75, 3.05) is 14.2 Å². The SMILES string of the molecule is COc1cc(OC)cc(C(=O)N/N=C\c2ccc(CN(Cc3ccc(Cl)c(Cl)c3)S(=O)(=O)c3ccc(C)cc3)o2)c1. The number of carbonyl (C=O) groups is 1. The molecule has 9 nitrogen and oxygen atoms in total. The Bertz CT molecular complexity index is 1650. The average Bonchev–Trinajstić information content (AvgIpc) is 3.41. The third-order valence-corrected chi connectivity index (χ3v) is 8.53. The van der Waals surface area contributed by atoms with Gasteiger partial charge in [-0.05, 0) is 61.0 Å². The number of ether oxygens (including phenoxy) is 2. The van der Waals surface area contributed by atoms with E-state index in [9.17, 15) is 13.2 Å². The lowest BCUT2D eigenvalue weighted by atomic mass is 10.2. The van der Waals surface area contributed by atoms with E-state index in [2.05, 4.69) is 10.5 Å². The molecule has 214 valence electrons. The molecule has 0 saturated carbocycles. The van der Waals surface area contributed by atoms with Gasteiger partial charge in [-0.3, -0.25) is 4.79 Å². The quantitative estimate of drug-likeness (QED) is 0.162. The van der Waals surface area contributed by atoms with Crippen LogP contribution in [-0.2, 0) is 23.1 Å². The van der Waals surface area contributed by atoms with E-state index in [1.807, 2.05) is 6.92 Å². The Balaban J connectivity index is 1.51. The molecule has 0 unspecified atom stereocenters. The van der Waals surface area contributed by atoms with Crippen molar-refractivity contribution < 1.29 is 27.1 Å². The minimum atomic E-state index is -3.91. The molecule has 1 N–H and O–H groups in total. The van der Waals surface area contributed by atoms with Gasteiger partial charge >= 0.3 is 0 Å². The minimum Gasteiger partial charge on any atom is -0.497 e. The first-order valence-electron chi connectivity index (χ1n) is 12.2. The van der Waals surface area contributed by atoms with Crippen molar-refractivity contribution in [2.45, 2.75) is 24.9 Å². The standard InChI is InChI=1S/C29H27Cl2N3O6S/c1-19-4-9-26(10-5-19)41(36,37)34(17-20-6-11-27(30)28(31)12-20)18-23-8-7-22(40-23)16-32-33-29(35)21-13-24(38-2)15-25(14-21)39-3/h4-16H,17-18H2,1-3H3,(H,33,35)/b32-16-. The first kappa shape index (κ1) is 30.1. The number of carbonyl (C=O) groups excluding carboxylic acids is 1. The second-order valence-corrected chi connectivity index (χ2v) is 11.7. The summed E-state index contributed by atoms with van der Waals surface area (Å²) in [6, 6.07) is 19.6. The van der Waals surface area contributed by atoms with Crippen LogP contribution >= 0.6 is 23.2 Å². The number of amides is 1. The molecule has 4 rings (SSSR count). The van der Waals surface area contributed by atoms with Gasteiger partial charge in [0.1, 0.15) is 23.0 Å². The van der Waals surface area contributed by atoms with Gasteiger partial charge in [0, 0.05) is 18.2 Å². The predicted octanol–water partition coefficient (Wildman–Crippen LogP) is 6.07. The molecule has 1 aromatic heterocycles. The maximum atomic E-state index is 13.6. The van der Waals surface area contributed by atoms with E-state index in [0.29, 0.717) is 38.6 Å². The van der Waals surface area contributed by atoms with E-state index in [-0.39, 0.29) is 23.5 Å². The molecule has 0 spiro atoms. The molecular weight excluding hydrogens is 589 g/mol. The summed E-state index contributed by atoms with van der Waals surface area (Å²) >= 11 is 12.2. The summed E-state index contributed by atoms with van der Waals surface area (Å²) in [7, 11) is -0.938. The van der Waals surface area contributed by atoms with Crippen LogP contribution in [-0.4, -0.2) is 39.1 Å². The van der Waals surface area contributed by atoms with Crippen LogP contribution in [0.3, 0.4) is 0 Å². The Hall–Kier alpha value is -3.83. The van der Waals surface area contributed by atoms with Crippen LogP contribution in [0.25, 0.3) is 0 Å². The summed E-state index contributed by atoms with van der Waals surface area (Å²) < 4.78 is 44.7. The number of nitrogens with zero attached hydrogens (tertiary/aromatic N) is 2. The molecule has 3 aromatic carbocycles. The van der Waals surface area contributed by atoms with Gasteiger partial charge < -0.3 is 13.9 Å². The fraction of sp³-hybridized carbons (Fsp3) is 0.172. The van der Waals surface area contributed by atoms with Crippen LogP contribution in [0.15, 0.2) is 87.2 Å². The second-order valence-electron chi connectivity index (χ2n) is 8.94. The van der Waals surface area contributed by atoms with Gasteiger partial charge in [-0.15, -0.1) is 0 Å². The van der Waals surface area contributed by atoms with E-state index >= 15 is 0 Å². The van der Waals surface area contributed by atoms with Crippen LogP contribution < -0.4 is 14.9 Å². The van der Waals surface area contributed by atoms with Crippen molar-refractivity contribution in [1.82, 2.24) is 9.73 Å². The summed E-state index contributed by atoms with van der Waals surface area (Å²) in [5.41, 5.74) is 4.30. The normalized spacial score (nSPS) is 11.7. The number of furan rings is 1. The Labute approximate surface area is 248 Å². The number of methoxy groups -OCH3 is 2. The number of aryl methyl sites for hydroxylation is 1. The maximum Gasteiger partial charge on any atom is 0.271 e. The second kappa shape index (κ2) is 13.2. The Kier molecular flexibility index (Phi) is 9.72. The first-order chi connectivity index (χ1) is 19.6. The molecule has 1 heterocycles. The van der Waals surface area contributed by atoms with E-state index in [4.69, 9.17) is 37.1 Å². The van der Waals surface area contributed by atoms with Gasteiger partial charge in [0.25, 0.3) is 5.91 Å². The van der Waals surface area contributed by atoms with E-state index in [1.165, 1.54) is 24.7 Å². The highest BCUT2D eigenvalue weighted by atomic mass is 35.5. The van der Waals surface area contributed by atoms with Gasteiger partial charge in [-0.2, -0.15) is 9.41 Å². The zero-order chi connectivity index (χ0) is 29.6. The van der Waals surface area contributed by atoms with E-state index in [1.54, 1.807) is 72.8 Å². The van der Waals surface area contributed by atoms with Gasteiger partial charge in [-0.1, -0.05) is 47.0 Å². The molecule has 4 aromatic rings. The van der Waals surface area contributed by atoms with Crippen molar-refractivity contribution in [3.05, 3.63) is 111 Å². The van der Waals surface area contributed by atoms with Crippen molar-refractivity contribution in [3.8, 4) is 11.5 Å². The average molecular weight is 617 g/mol. The molecule has 0 aliphatic rings. The minimum absolute atomic E-state index is 0.0251. The van der Waals surface area contributed by atoms with Gasteiger partial charge in [0.05, 0.1) is 41.9 Å². The zero-order valence-electron chi connectivity index (χ0n) is 22.4. The van der Waals surface area contributed by atoms with Gasteiger partial charge in [0.2, 0.25) is 10.0 Å². The smallest absolute Gasteiger partial charge is 0.271 e. The number of rotatable bonds is 11. The number of hydrogen-bond acceptors (Lipinski definition) is 7. The van der Waals surface area contributed by atoms with Crippen LogP contribution in [0.1, 0.15) is 33.0 Å². The number of benzene rings is 3. The van der Waals surface area contributed by atoms with Crippen molar-refractivity contribution in [3.63, 3.8) is 0 Å². The molecule has 0 fully saturated rings. The Morgan fingerprint density at radius 3 is 2.24 bits per heavy atom. The van der Waals surface area contributed by atoms with Crippen LogP contribution in [0.2, 0.25) is 10.0 Å². The number of nitrogens with one attached hydrogen (secondary N) is 1. The molecule has 0 atom stereocenters. The number of halogens is 2. The van der Waals surface area contributed by atoms with E-state index < -0.39 is 15.9 Å². The molecule has 41 heavy (non-hydrogen) atoms. The predicted molar refractivity (Wildman–Crippen MR) is 157 cm³/mol. The topological polar surface area (TPSA) is 110 Å². The molecule has 0 aliphatic carbocycles. The van der Waals surface area contributed by atoms with Crippen molar-refractivity contribution in [2.24, 2.45) is 5.10 Å². The monoisotopic (exact) mass is 615 g/mol. The summed E-state index contributed by atoms with van der Waals surface area (Å²) in [4.78, 5) is 12.7. The highest BCUT2D eigenvalue weighted by Crippen LogP contribution is 2.27. The van der Waals surface area contributed by atoms with Crippen LogP contribution in [0.5, 0.6) is 11.5 Å². The summed E-state index contributed by atoms with van der Waals surface area (Å²) in [6.45, 7) is 1.84. The Morgan fingerprint density at radius 2 is 1.61 bits per heavy atom. The Morgan fingerprint density at radius 1 is 0.927 bits per heavy atom. The third kappa shape index (κ3) is 7.68. The lowest BCUT2D eigenvalue weighted by molar-refractivity contribution is 0.0954. The molecular formula is C29H27Cl2N3O6S. The third-order valence-electron chi connectivity index (χ3n) is 5.99.